The maximum Gasteiger partial charge on any atom is 0.433 e. The zero-order valence-electron chi connectivity index (χ0n) is 19.0. The highest BCUT2D eigenvalue weighted by Crippen LogP contribution is 2.36. The molecule has 1 fully saturated rings. The van der Waals surface area contributed by atoms with Crippen LogP contribution in [0.4, 0.5) is 32.0 Å². The molecule has 3 rings (SSSR count). The fourth-order valence-corrected chi connectivity index (χ4v) is 3.61. The van der Waals surface area contributed by atoms with Gasteiger partial charge in [-0.2, -0.15) is 26.3 Å². The Balaban J connectivity index is 1.85. The second-order valence-electron chi connectivity index (χ2n) is 8.18. The third-order valence-electron chi connectivity index (χ3n) is 5.90. The van der Waals surface area contributed by atoms with Crippen molar-refractivity contribution in [2.75, 3.05) is 25.1 Å². The molecule has 2 aromatic carbocycles. The smallest absolute Gasteiger partial charge is 0.392 e. The number of ether oxygens (including phenoxy) is 1. The van der Waals surface area contributed by atoms with Crippen molar-refractivity contribution in [2.45, 2.75) is 24.7 Å². The van der Waals surface area contributed by atoms with E-state index in [1.54, 1.807) is 24.3 Å². The van der Waals surface area contributed by atoms with Crippen LogP contribution in [0.15, 0.2) is 70.9 Å². The van der Waals surface area contributed by atoms with Crippen molar-refractivity contribution in [1.29, 1.82) is 0 Å². The molecule has 2 aromatic rings. The molecule has 1 aliphatic heterocycles. The molecule has 0 spiro atoms. The van der Waals surface area contributed by atoms with E-state index in [1.165, 1.54) is 6.92 Å². The number of aliphatic hydroxyl groups excluding tert-OH is 1. The topological polar surface area (TPSA) is 70.9 Å². The van der Waals surface area contributed by atoms with E-state index in [9.17, 15) is 36.2 Å². The van der Waals surface area contributed by atoms with Crippen molar-refractivity contribution in [3.8, 4) is 0 Å². The average Bonchev–Trinajstić information content (AvgIpc) is 2.78. The van der Waals surface area contributed by atoms with Gasteiger partial charge in [0.1, 0.15) is 11.1 Å². The lowest BCUT2D eigenvalue weighted by Crippen LogP contribution is -2.55. The van der Waals surface area contributed by atoms with Crippen LogP contribution in [-0.4, -0.2) is 43.7 Å². The van der Waals surface area contributed by atoms with E-state index in [4.69, 9.17) is 4.74 Å². The monoisotopic (exact) mass is 512 g/mol. The third-order valence-corrected chi connectivity index (χ3v) is 5.90. The Hall–Kier alpha value is -3.44. The Morgan fingerprint density at radius 3 is 2.08 bits per heavy atom. The summed E-state index contributed by atoms with van der Waals surface area (Å²) >= 11 is 0. The number of aliphatic imine (C=N–C) groups is 1. The van der Waals surface area contributed by atoms with Crippen LogP contribution in [0, 0.1) is 0 Å². The predicted molar refractivity (Wildman–Crippen MR) is 122 cm³/mol. The van der Waals surface area contributed by atoms with Crippen LogP contribution in [0.25, 0.3) is 5.57 Å². The zero-order chi connectivity index (χ0) is 26.7. The lowest BCUT2D eigenvalue weighted by Gasteiger charge is -2.40. The number of amides is 1. The minimum Gasteiger partial charge on any atom is -0.392 e. The Kier molecular flexibility index (Phi) is 7.75. The minimum absolute atomic E-state index is 0.00999. The molecule has 36 heavy (non-hydrogen) atoms. The number of halogens is 6. The summed E-state index contributed by atoms with van der Waals surface area (Å²) in [7, 11) is 0. The number of carbonyl (C=O) groups excluding carboxylic acids is 1. The molecule has 5 nitrogen and oxygen atoms in total. The highest BCUT2D eigenvalue weighted by Gasteiger charge is 2.47. The quantitative estimate of drug-likeness (QED) is 0.292. The number of nitrogens with zero attached hydrogens (tertiary/aromatic N) is 1. The van der Waals surface area contributed by atoms with E-state index in [1.807, 2.05) is 0 Å². The minimum atomic E-state index is -4.73. The maximum atomic E-state index is 13.0. The Bertz CT molecular complexity index is 1180. The summed E-state index contributed by atoms with van der Waals surface area (Å²) in [6.07, 6.45) is -8.51. The van der Waals surface area contributed by atoms with E-state index < -0.39 is 41.5 Å². The Morgan fingerprint density at radius 1 is 1.08 bits per heavy atom. The maximum absolute atomic E-state index is 13.0. The van der Waals surface area contributed by atoms with Gasteiger partial charge in [0, 0.05) is 5.69 Å². The normalized spacial score (nSPS) is 16.6. The Morgan fingerprint density at radius 2 is 1.67 bits per heavy atom. The number of hydrogen-bond donors (Lipinski definition) is 2. The molecule has 2 N–H and O–H groups in total. The van der Waals surface area contributed by atoms with Crippen LogP contribution in [0.1, 0.15) is 23.6 Å². The predicted octanol–water partition coefficient (Wildman–Crippen LogP) is 5.52. The fraction of sp³-hybridized carbons (Fsp3) is 0.280. The molecule has 0 bridgehead atoms. The molecule has 0 radical (unpaired) electrons. The van der Waals surface area contributed by atoms with Gasteiger partial charge >= 0.3 is 12.4 Å². The Labute approximate surface area is 202 Å². The van der Waals surface area contributed by atoms with Crippen LogP contribution in [0.2, 0.25) is 0 Å². The first kappa shape index (κ1) is 27.2. The highest BCUT2D eigenvalue weighted by atomic mass is 19.4. The van der Waals surface area contributed by atoms with Gasteiger partial charge in [-0.05, 0) is 66.3 Å². The number of aliphatic hydroxyl groups is 1. The van der Waals surface area contributed by atoms with Crippen molar-refractivity contribution in [3.05, 3.63) is 82.6 Å². The summed E-state index contributed by atoms with van der Waals surface area (Å²) in [5.74, 6) is -0.473. The summed E-state index contributed by atoms with van der Waals surface area (Å²) in [5.41, 5.74) is -1.58. The molecule has 0 saturated carbocycles. The third kappa shape index (κ3) is 5.68. The van der Waals surface area contributed by atoms with Crippen molar-refractivity contribution in [3.63, 3.8) is 0 Å². The highest BCUT2D eigenvalue weighted by molar-refractivity contribution is 6.00. The van der Waals surface area contributed by atoms with Crippen molar-refractivity contribution in [2.24, 2.45) is 4.99 Å². The molecule has 11 heteroatoms. The average molecular weight is 512 g/mol. The second kappa shape index (κ2) is 10.3. The van der Waals surface area contributed by atoms with Crippen LogP contribution < -0.4 is 5.32 Å². The number of nitrogens with one attached hydrogen (secondary N) is 1. The van der Waals surface area contributed by atoms with Crippen molar-refractivity contribution < 1.29 is 41.0 Å². The molecule has 0 aromatic heterocycles. The van der Waals surface area contributed by atoms with Crippen LogP contribution in [0.5, 0.6) is 0 Å². The van der Waals surface area contributed by atoms with Crippen molar-refractivity contribution >= 4 is 23.9 Å². The largest absolute Gasteiger partial charge is 0.433 e. The lowest BCUT2D eigenvalue weighted by molar-refractivity contribution is -0.139. The van der Waals surface area contributed by atoms with Crippen molar-refractivity contribution in [1.82, 2.24) is 0 Å². The molecule has 0 aliphatic carbocycles. The van der Waals surface area contributed by atoms with Gasteiger partial charge < -0.3 is 15.2 Å². The number of carbonyl (C=O) groups is 1. The van der Waals surface area contributed by atoms with Crippen LogP contribution in [0.3, 0.4) is 0 Å². The molecule has 192 valence electrons. The van der Waals surface area contributed by atoms with Gasteiger partial charge in [0.05, 0.1) is 25.4 Å². The van der Waals surface area contributed by atoms with E-state index >= 15 is 0 Å². The second-order valence-corrected chi connectivity index (χ2v) is 8.18. The van der Waals surface area contributed by atoms with Crippen LogP contribution in [-0.2, 0) is 21.1 Å². The number of hydrogen-bond acceptors (Lipinski definition) is 4. The molecular formula is C25H22F6N2O3. The van der Waals surface area contributed by atoms with E-state index in [2.05, 4.69) is 17.0 Å². The summed E-state index contributed by atoms with van der Waals surface area (Å²) in [6.45, 7) is 3.87. The van der Waals surface area contributed by atoms with E-state index in [0.29, 0.717) is 16.7 Å². The fourth-order valence-electron chi connectivity index (χ4n) is 3.61. The number of benzene rings is 2. The first-order chi connectivity index (χ1) is 16.8. The number of allylic oxidation sites excluding steroid dienone is 2. The molecule has 0 atom stereocenters. The van der Waals surface area contributed by atoms with Gasteiger partial charge in [-0.1, -0.05) is 24.3 Å². The summed E-state index contributed by atoms with van der Waals surface area (Å²) in [5, 5.41) is 12.2. The lowest BCUT2D eigenvalue weighted by atomic mass is 9.77. The molecule has 1 aliphatic rings. The van der Waals surface area contributed by atoms with Gasteiger partial charge in [-0.15, -0.1) is 0 Å². The number of alkyl halides is 6. The first-order valence-electron chi connectivity index (χ1n) is 10.6. The molecule has 1 saturated heterocycles. The van der Waals surface area contributed by atoms with E-state index in [0.717, 1.165) is 30.3 Å². The number of rotatable bonds is 7. The van der Waals surface area contributed by atoms with Gasteiger partial charge in [0.25, 0.3) is 0 Å². The van der Waals surface area contributed by atoms with Gasteiger partial charge in [-0.3, -0.25) is 9.79 Å². The number of anilines is 1. The SMILES string of the molecule is C=N/C(=C\C(CO)=C(/C)c1ccc(C2(C(=O)Nc3ccc(C(F)(F)F)cc3)COC2)cc1)C(F)(F)F. The standard InChI is InChI=1S/C25H22F6N2O3/c1-15(17(12-34)11-21(32-2)25(29,30)31)16-3-5-18(6-4-16)23(13-36-14-23)22(35)33-20-9-7-19(8-10-20)24(26,27)28/h3-11,34H,2,12-14H2,1H3,(H,33,35)/b17-15-,21-11-. The molecule has 1 amide bonds. The van der Waals surface area contributed by atoms with Gasteiger partial charge in [0.15, 0.2) is 0 Å². The zero-order valence-corrected chi connectivity index (χ0v) is 19.0. The van der Waals surface area contributed by atoms with Gasteiger partial charge in [-0.25, -0.2) is 0 Å². The summed E-state index contributed by atoms with van der Waals surface area (Å²) < 4.78 is 82.6. The van der Waals surface area contributed by atoms with Gasteiger partial charge in [0.2, 0.25) is 5.91 Å². The first-order valence-corrected chi connectivity index (χ1v) is 10.6. The van der Waals surface area contributed by atoms with Crippen LogP contribution >= 0.6 is 0 Å². The summed E-state index contributed by atoms with van der Waals surface area (Å²) in [6, 6.07) is 10.4. The molecule has 1 heterocycles. The van der Waals surface area contributed by atoms with E-state index in [-0.39, 0.29) is 24.5 Å². The molecular weight excluding hydrogens is 490 g/mol. The molecule has 0 unspecified atom stereocenters. The summed E-state index contributed by atoms with van der Waals surface area (Å²) in [4.78, 5) is 16.0.